The fourth-order valence-electron chi connectivity index (χ4n) is 2.69. The molecule has 0 saturated carbocycles. The summed E-state index contributed by atoms with van der Waals surface area (Å²) in [7, 11) is 1.62. The minimum atomic E-state index is 0.534. The van der Waals surface area contributed by atoms with Crippen molar-refractivity contribution in [2.75, 3.05) is 7.11 Å². The van der Waals surface area contributed by atoms with E-state index in [0.29, 0.717) is 12.1 Å². The number of aromatic nitrogens is 4. The van der Waals surface area contributed by atoms with Gasteiger partial charge in [-0.05, 0) is 38.1 Å². The van der Waals surface area contributed by atoms with Gasteiger partial charge < -0.3 is 4.74 Å². The van der Waals surface area contributed by atoms with Crippen molar-refractivity contribution in [3.05, 3.63) is 53.5 Å². The van der Waals surface area contributed by atoms with Crippen molar-refractivity contribution in [3.8, 4) is 17.0 Å². The van der Waals surface area contributed by atoms with Crippen LogP contribution in [0.5, 0.6) is 5.75 Å². The average molecular weight is 324 g/mol. The summed E-state index contributed by atoms with van der Waals surface area (Å²) in [4.78, 5) is 11.0. The third kappa shape index (κ3) is 3.08. The number of aldehydes is 1. The highest BCUT2D eigenvalue weighted by Gasteiger charge is 2.11. The Hall–Kier alpha value is -2.89. The number of hydrogen-bond donors (Lipinski definition) is 0. The van der Waals surface area contributed by atoms with Crippen LogP contribution in [-0.4, -0.2) is 33.0 Å². The number of rotatable bonds is 6. The van der Waals surface area contributed by atoms with Crippen molar-refractivity contribution in [2.45, 2.75) is 26.9 Å². The molecule has 3 aromatic rings. The van der Waals surface area contributed by atoms with Crippen LogP contribution in [0.25, 0.3) is 11.3 Å². The highest BCUT2D eigenvalue weighted by atomic mass is 16.5. The Kier molecular flexibility index (Phi) is 4.46. The summed E-state index contributed by atoms with van der Waals surface area (Å²) in [5.41, 5.74) is 4.42. The van der Waals surface area contributed by atoms with Crippen molar-refractivity contribution in [1.82, 2.24) is 19.6 Å². The van der Waals surface area contributed by atoms with Gasteiger partial charge in [0.2, 0.25) is 0 Å². The predicted octanol–water partition coefficient (Wildman–Crippen LogP) is 2.94. The predicted molar refractivity (Wildman–Crippen MR) is 91.3 cm³/mol. The first-order valence-electron chi connectivity index (χ1n) is 7.84. The van der Waals surface area contributed by atoms with Gasteiger partial charge in [-0.1, -0.05) is 0 Å². The Morgan fingerprint density at radius 3 is 2.71 bits per heavy atom. The molecule has 0 aliphatic rings. The van der Waals surface area contributed by atoms with E-state index in [4.69, 9.17) is 4.74 Å². The number of benzene rings is 1. The van der Waals surface area contributed by atoms with E-state index >= 15 is 0 Å². The molecule has 0 spiro atoms. The summed E-state index contributed by atoms with van der Waals surface area (Å²) in [5, 5.41) is 9.09. The van der Waals surface area contributed by atoms with E-state index < -0.39 is 0 Å². The summed E-state index contributed by atoms with van der Waals surface area (Å²) < 4.78 is 9.12. The third-order valence-corrected chi connectivity index (χ3v) is 3.96. The van der Waals surface area contributed by atoms with Crippen LogP contribution in [0.2, 0.25) is 0 Å². The first-order chi connectivity index (χ1) is 11.6. The lowest BCUT2D eigenvalue weighted by atomic mass is 10.1. The third-order valence-electron chi connectivity index (χ3n) is 3.96. The lowest BCUT2D eigenvalue weighted by molar-refractivity contribution is 0.112. The zero-order valence-electron chi connectivity index (χ0n) is 14.1. The summed E-state index contributed by atoms with van der Waals surface area (Å²) >= 11 is 0. The van der Waals surface area contributed by atoms with Crippen LogP contribution in [0.4, 0.5) is 0 Å². The molecule has 0 amide bonds. The topological polar surface area (TPSA) is 61.9 Å². The number of hydrogen-bond acceptors (Lipinski definition) is 4. The number of nitrogens with zero attached hydrogens (tertiary/aromatic N) is 4. The van der Waals surface area contributed by atoms with Gasteiger partial charge in [0.15, 0.2) is 0 Å². The van der Waals surface area contributed by atoms with Gasteiger partial charge >= 0.3 is 0 Å². The number of methoxy groups -OCH3 is 1. The molecule has 0 fully saturated rings. The molecular weight excluding hydrogens is 304 g/mol. The molecule has 0 N–H and O–H groups in total. The summed E-state index contributed by atoms with van der Waals surface area (Å²) in [6, 6.07) is 7.35. The van der Waals surface area contributed by atoms with Crippen molar-refractivity contribution in [2.24, 2.45) is 0 Å². The average Bonchev–Trinajstić information content (AvgIpc) is 3.20. The maximum atomic E-state index is 11.0. The maximum Gasteiger partial charge on any atom is 0.150 e. The molecule has 0 unspecified atom stereocenters. The molecule has 124 valence electrons. The summed E-state index contributed by atoms with van der Waals surface area (Å²) in [6.07, 6.45) is 4.76. The molecule has 6 heteroatoms. The fraction of sp³-hybridized carbons (Fsp3) is 0.278. The van der Waals surface area contributed by atoms with Gasteiger partial charge in [-0.3, -0.25) is 14.2 Å². The van der Waals surface area contributed by atoms with Crippen LogP contribution >= 0.6 is 0 Å². The standard InChI is InChI=1S/C18H20N4O2/c1-4-21-11-16(13(2)19-21)17-7-8-22(20-17)10-15-9-14(12-23)5-6-18(15)24-3/h5-9,11-12H,4,10H2,1-3H3. The Balaban J connectivity index is 1.89. The second-order valence-corrected chi connectivity index (χ2v) is 5.57. The monoisotopic (exact) mass is 324 g/mol. The van der Waals surface area contributed by atoms with Crippen molar-refractivity contribution >= 4 is 6.29 Å². The highest BCUT2D eigenvalue weighted by molar-refractivity contribution is 5.75. The van der Waals surface area contributed by atoms with Crippen LogP contribution in [0.3, 0.4) is 0 Å². The zero-order valence-corrected chi connectivity index (χ0v) is 14.1. The molecule has 0 bridgehead atoms. The lowest BCUT2D eigenvalue weighted by Gasteiger charge is -2.09. The van der Waals surface area contributed by atoms with Gasteiger partial charge in [0.1, 0.15) is 12.0 Å². The number of aryl methyl sites for hydroxylation is 2. The van der Waals surface area contributed by atoms with Gasteiger partial charge in [0, 0.05) is 35.6 Å². The van der Waals surface area contributed by atoms with E-state index in [1.165, 1.54) is 0 Å². The van der Waals surface area contributed by atoms with Gasteiger partial charge in [-0.2, -0.15) is 10.2 Å². The van der Waals surface area contributed by atoms with Crippen LogP contribution in [0.1, 0.15) is 28.5 Å². The SMILES string of the molecule is CCn1cc(-c2ccn(Cc3cc(C=O)ccc3OC)n2)c(C)n1. The van der Waals surface area contributed by atoms with E-state index in [2.05, 4.69) is 17.1 Å². The lowest BCUT2D eigenvalue weighted by Crippen LogP contribution is -2.03. The highest BCUT2D eigenvalue weighted by Crippen LogP contribution is 2.23. The fourth-order valence-corrected chi connectivity index (χ4v) is 2.69. The number of carbonyl (C=O) groups is 1. The Morgan fingerprint density at radius 1 is 1.21 bits per heavy atom. The molecule has 0 aliphatic heterocycles. The normalized spacial score (nSPS) is 10.8. The van der Waals surface area contributed by atoms with Gasteiger partial charge in [-0.25, -0.2) is 0 Å². The summed E-state index contributed by atoms with van der Waals surface area (Å²) in [5.74, 6) is 0.743. The largest absolute Gasteiger partial charge is 0.496 e. The molecule has 2 heterocycles. The Bertz CT molecular complexity index is 864. The van der Waals surface area contributed by atoms with Crippen LogP contribution in [-0.2, 0) is 13.1 Å². The van der Waals surface area contributed by atoms with Crippen LogP contribution < -0.4 is 4.74 Å². The van der Waals surface area contributed by atoms with Crippen LogP contribution in [0, 0.1) is 6.92 Å². The summed E-state index contributed by atoms with van der Waals surface area (Å²) in [6.45, 7) is 5.40. The van der Waals surface area contributed by atoms with E-state index in [1.807, 2.05) is 40.8 Å². The molecule has 0 radical (unpaired) electrons. The van der Waals surface area contributed by atoms with Crippen LogP contribution in [0.15, 0.2) is 36.7 Å². The maximum absolute atomic E-state index is 11.0. The Morgan fingerprint density at radius 2 is 2.04 bits per heavy atom. The van der Waals surface area contributed by atoms with E-state index in [0.717, 1.165) is 41.1 Å². The quantitative estimate of drug-likeness (QED) is 0.654. The molecule has 1 aromatic carbocycles. The van der Waals surface area contributed by atoms with Crippen molar-refractivity contribution in [3.63, 3.8) is 0 Å². The first kappa shape index (κ1) is 16.0. The van der Waals surface area contributed by atoms with E-state index in [-0.39, 0.29) is 0 Å². The van der Waals surface area contributed by atoms with Gasteiger partial charge in [0.25, 0.3) is 0 Å². The molecule has 6 nitrogen and oxygen atoms in total. The number of carbonyl (C=O) groups excluding carboxylic acids is 1. The molecule has 0 atom stereocenters. The molecular formula is C18H20N4O2. The minimum absolute atomic E-state index is 0.534. The smallest absolute Gasteiger partial charge is 0.150 e. The van der Waals surface area contributed by atoms with Gasteiger partial charge in [0.05, 0.1) is 25.0 Å². The molecule has 2 aromatic heterocycles. The minimum Gasteiger partial charge on any atom is -0.496 e. The molecule has 0 saturated heterocycles. The molecule has 3 rings (SSSR count). The number of ether oxygens (including phenoxy) is 1. The second kappa shape index (κ2) is 6.70. The molecule has 24 heavy (non-hydrogen) atoms. The Labute approximate surface area is 140 Å². The van der Waals surface area contributed by atoms with Crippen molar-refractivity contribution in [1.29, 1.82) is 0 Å². The zero-order chi connectivity index (χ0) is 17.1. The van der Waals surface area contributed by atoms with E-state index in [9.17, 15) is 4.79 Å². The van der Waals surface area contributed by atoms with Gasteiger partial charge in [-0.15, -0.1) is 0 Å². The molecule has 0 aliphatic carbocycles. The van der Waals surface area contributed by atoms with Crippen molar-refractivity contribution < 1.29 is 9.53 Å². The first-order valence-corrected chi connectivity index (χ1v) is 7.84. The van der Waals surface area contributed by atoms with E-state index in [1.54, 1.807) is 19.2 Å². The second-order valence-electron chi connectivity index (χ2n) is 5.57.